The maximum Gasteiger partial charge on any atom is 0.248 e. The maximum atomic E-state index is 11.7. The molecule has 2 amide bonds. The summed E-state index contributed by atoms with van der Waals surface area (Å²) in [5.41, 5.74) is 20.6. The Labute approximate surface area is 160 Å². The van der Waals surface area contributed by atoms with Crippen LogP contribution < -0.4 is 17.2 Å². The van der Waals surface area contributed by atoms with Gasteiger partial charge in [-0.05, 0) is 65.9 Å². The van der Waals surface area contributed by atoms with Crippen molar-refractivity contribution in [1.29, 1.82) is 0 Å². The normalized spacial score (nSPS) is 14.2. The number of rotatable bonds is 5. The first-order valence-electron chi connectivity index (χ1n) is 8.78. The smallest absolute Gasteiger partial charge is 0.248 e. The Balaban J connectivity index is 2.04. The minimum absolute atomic E-state index is 0.364. The van der Waals surface area contributed by atoms with E-state index in [2.05, 4.69) is 20.6 Å². The van der Waals surface area contributed by atoms with Crippen molar-refractivity contribution in [2.24, 2.45) is 17.2 Å². The van der Waals surface area contributed by atoms with E-state index >= 15 is 0 Å². The molecule has 0 bridgehead atoms. The van der Waals surface area contributed by atoms with Crippen LogP contribution >= 0.6 is 0 Å². The van der Waals surface area contributed by atoms with Crippen LogP contribution in [0.1, 0.15) is 55.2 Å². The molecule has 2 aromatic carbocycles. The lowest BCUT2D eigenvalue weighted by atomic mass is 9.64. The summed E-state index contributed by atoms with van der Waals surface area (Å²) in [5.74, 6) is -0.550. The average molecular weight is 377 g/mol. The lowest BCUT2D eigenvalue weighted by Gasteiger charge is -2.39. The summed E-state index contributed by atoms with van der Waals surface area (Å²) in [4.78, 5) is 23.4. The molecule has 9 heteroatoms. The molecule has 0 saturated heterocycles. The molecule has 0 saturated carbocycles. The molecule has 1 aromatic heterocycles. The van der Waals surface area contributed by atoms with Crippen molar-refractivity contribution in [3.05, 3.63) is 75.6 Å². The van der Waals surface area contributed by atoms with E-state index in [1.54, 1.807) is 24.3 Å². The molecule has 4 rings (SSSR count). The van der Waals surface area contributed by atoms with E-state index in [0.29, 0.717) is 36.3 Å². The number of H-pyrrole nitrogens is 1. The van der Waals surface area contributed by atoms with E-state index in [9.17, 15) is 9.59 Å². The predicted octanol–water partition coefficient (Wildman–Crippen LogP) is -0.0151. The number of nitrogens with two attached hydrogens (primary N) is 3. The van der Waals surface area contributed by atoms with E-state index < -0.39 is 17.2 Å². The van der Waals surface area contributed by atoms with Gasteiger partial charge in [0.05, 0.1) is 5.41 Å². The Kier molecular flexibility index (Phi) is 4.16. The number of benzene rings is 2. The second-order valence-corrected chi connectivity index (χ2v) is 6.83. The Morgan fingerprint density at radius 3 is 2.00 bits per heavy atom. The summed E-state index contributed by atoms with van der Waals surface area (Å²) in [6, 6.07) is 10.6. The third-order valence-corrected chi connectivity index (χ3v) is 5.33. The lowest BCUT2D eigenvalue weighted by molar-refractivity contribution is 0.0992. The monoisotopic (exact) mass is 377 g/mol. The maximum absolute atomic E-state index is 11.7. The zero-order valence-electron chi connectivity index (χ0n) is 15.0. The molecule has 1 heterocycles. The first-order valence-corrected chi connectivity index (χ1v) is 8.78. The predicted molar refractivity (Wildman–Crippen MR) is 100 cm³/mol. The Morgan fingerprint density at radius 2 is 1.57 bits per heavy atom. The van der Waals surface area contributed by atoms with Crippen molar-refractivity contribution in [1.82, 2.24) is 20.6 Å². The van der Waals surface area contributed by atoms with Crippen molar-refractivity contribution >= 4 is 11.8 Å². The van der Waals surface area contributed by atoms with E-state index in [-0.39, 0.29) is 0 Å². The zero-order chi connectivity index (χ0) is 19.9. The second-order valence-electron chi connectivity index (χ2n) is 6.83. The topological polar surface area (TPSA) is 167 Å². The molecule has 7 N–H and O–H groups in total. The largest absolute Gasteiger partial charge is 0.366 e. The van der Waals surface area contributed by atoms with Gasteiger partial charge in [0.2, 0.25) is 11.8 Å². The van der Waals surface area contributed by atoms with Crippen molar-refractivity contribution in [2.45, 2.75) is 18.3 Å². The highest BCUT2D eigenvalue weighted by atomic mass is 16.1. The van der Waals surface area contributed by atoms with Gasteiger partial charge in [-0.25, -0.2) is 0 Å². The number of hydrogen-bond acceptors (Lipinski definition) is 6. The van der Waals surface area contributed by atoms with Gasteiger partial charge in [-0.2, -0.15) is 5.21 Å². The van der Waals surface area contributed by atoms with Gasteiger partial charge in [-0.3, -0.25) is 9.59 Å². The van der Waals surface area contributed by atoms with Crippen molar-refractivity contribution in [3.63, 3.8) is 0 Å². The fourth-order valence-electron chi connectivity index (χ4n) is 4.15. The highest BCUT2D eigenvalue weighted by Gasteiger charge is 2.45. The van der Waals surface area contributed by atoms with Crippen LogP contribution in [-0.4, -0.2) is 39.0 Å². The molecule has 0 aliphatic heterocycles. The van der Waals surface area contributed by atoms with Crippen LogP contribution in [0.3, 0.4) is 0 Å². The quantitative estimate of drug-likeness (QED) is 0.487. The van der Waals surface area contributed by atoms with Crippen molar-refractivity contribution in [3.8, 4) is 0 Å². The number of aromatic amines is 1. The van der Waals surface area contributed by atoms with Gasteiger partial charge in [0, 0.05) is 11.1 Å². The van der Waals surface area contributed by atoms with Crippen LogP contribution in [0.2, 0.25) is 0 Å². The van der Waals surface area contributed by atoms with Gasteiger partial charge >= 0.3 is 0 Å². The van der Waals surface area contributed by atoms with Crippen LogP contribution in [-0.2, 0) is 11.8 Å². The van der Waals surface area contributed by atoms with E-state index in [1.807, 2.05) is 12.1 Å². The van der Waals surface area contributed by atoms with Crippen LogP contribution in [0.15, 0.2) is 36.4 Å². The number of hydrogen-bond donors (Lipinski definition) is 4. The van der Waals surface area contributed by atoms with Crippen LogP contribution in [0, 0.1) is 0 Å². The molecule has 142 valence electrons. The summed E-state index contributed by atoms with van der Waals surface area (Å²) in [5, 5.41) is 14.8. The minimum atomic E-state index is -0.767. The van der Waals surface area contributed by atoms with Gasteiger partial charge < -0.3 is 17.2 Å². The lowest BCUT2D eigenvalue weighted by Crippen LogP contribution is -2.38. The highest BCUT2D eigenvalue weighted by molar-refractivity contribution is 5.94. The molecule has 0 atom stereocenters. The van der Waals surface area contributed by atoms with Crippen molar-refractivity contribution < 1.29 is 9.59 Å². The van der Waals surface area contributed by atoms with Crippen molar-refractivity contribution in [2.75, 3.05) is 6.54 Å². The SMILES string of the molecule is NCCC1(c2nn[nH]n2)c2ccc(C(N)=O)cc2Cc2cc(C(N)=O)ccc21. The summed E-state index contributed by atoms with van der Waals surface area (Å²) >= 11 is 0. The molecule has 0 spiro atoms. The third-order valence-electron chi connectivity index (χ3n) is 5.33. The number of fused-ring (bicyclic) bond motifs is 2. The first kappa shape index (κ1) is 17.8. The number of nitrogens with zero attached hydrogens (tertiary/aromatic N) is 3. The molecule has 28 heavy (non-hydrogen) atoms. The molecule has 0 unspecified atom stereocenters. The number of carbonyl (C=O) groups is 2. The second kappa shape index (κ2) is 6.54. The Bertz CT molecular complexity index is 1010. The fraction of sp³-hybridized carbons (Fsp3) is 0.211. The summed E-state index contributed by atoms with van der Waals surface area (Å²) in [6.07, 6.45) is 1.02. The number of aromatic nitrogens is 4. The van der Waals surface area contributed by atoms with Gasteiger partial charge in [-0.1, -0.05) is 17.3 Å². The van der Waals surface area contributed by atoms with Gasteiger partial charge in [-0.15, -0.1) is 10.2 Å². The first-order chi connectivity index (χ1) is 13.5. The average Bonchev–Trinajstić information content (AvgIpc) is 3.22. The summed E-state index contributed by atoms with van der Waals surface area (Å²) in [7, 11) is 0. The Morgan fingerprint density at radius 1 is 1.00 bits per heavy atom. The fourth-order valence-corrected chi connectivity index (χ4v) is 4.15. The van der Waals surface area contributed by atoms with Gasteiger partial charge in [0.25, 0.3) is 0 Å². The summed E-state index contributed by atoms with van der Waals surface area (Å²) in [6.45, 7) is 0.364. The van der Waals surface area contributed by atoms with E-state index in [4.69, 9.17) is 17.2 Å². The van der Waals surface area contributed by atoms with Crippen LogP contribution in [0.4, 0.5) is 0 Å². The minimum Gasteiger partial charge on any atom is -0.366 e. The molecule has 1 aliphatic rings. The van der Waals surface area contributed by atoms with Gasteiger partial charge in [0.15, 0.2) is 5.82 Å². The number of tetrazole rings is 1. The summed E-state index contributed by atoms with van der Waals surface area (Å²) < 4.78 is 0. The van der Waals surface area contributed by atoms with E-state index in [0.717, 1.165) is 22.3 Å². The number of primary amides is 2. The zero-order valence-corrected chi connectivity index (χ0v) is 15.0. The van der Waals surface area contributed by atoms with E-state index in [1.165, 1.54) is 0 Å². The van der Waals surface area contributed by atoms with Crippen LogP contribution in [0.25, 0.3) is 0 Å². The standard InChI is InChI=1S/C19H19N7O2/c20-6-5-19(18-23-25-26-24-18)14-3-1-10(16(21)27)7-12(14)9-13-8-11(17(22)28)2-4-15(13)19/h1-4,7-8H,5-6,9,20H2,(H2,21,27)(H2,22,28)(H,23,24,25,26). The molecule has 9 nitrogen and oxygen atoms in total. The molecule has 1 aliphatic carbocycles. The Hall–Kier alpha value is -3.59. The molecule has 0 radical (unpaired) electrons. The molecule has 3 aromatic rings. The van der Waals surface area contributed by atoms with Gasteiger partial charge in [0.1, 0.15) is 0 Å². The van der Waals surface area contributed by atoms with Crippen LogP contribution in [0.5, 0.6) is 0 Å². The molecular weight excluding hydrogens is 358 g/mol. The number of nitrogens with one attached hydrogen (secondary N) is 1. The number of amides is 2. The molecular formula is C19H19N7O2. The molecule has 0 fully saturated rings. The number of carbonyl (C=O) groups excluding carboxylic acids is 2. The third kappa shape index (κ3) is 2.55. The highest BCUT2D eigenvalue weighted by Crippen LogP contribution is 2.47.